The van der Waals surface area contributed by atoms with Gasteiger partial charge in [-0.1, -0.05) is 48.5 Å². The highest BCUT2D eigenvalue weighted by atomic mass is 16.4. The fourth-order valence-electron chi connectivity index (χ4n) is 4.12. The Morgan fingerprint density at radius 1 is 0.744 bits per heavy atom. The van der Waals surface area contributed by atoms with Crippen molar-refractivity contribution in [3.05, 3.63) is 120 Å². The van der Waals surface area contributed by atoms with Crippen molar-refractivity contribution in [2.45, 2.75) is 20.4 Å². The third-order valence-electron chi connectivity index (χ3n) is 6.14. The first kappa shape index (κ1) is 25.4. The van der Waals surface area contributed by atoms with Gasteiger partial charge in [-0.25, -0.2) is 4.79 Å². The fraction of sp³-hybridized carbons (Fsp3) is 0.0968. The van der Waals surface area contributed by atoms with Gasteiger partial charge in [0.25, 0.3) is 5.91 Å². The van der Waals surface area contributed by atoms with Crippen molar-refractivity contribution in [2.75, 3.05) is 10.6 Å². The topological polar surface area (TPSA) is 109 Å². The number of nitrogens with zero attached hydrogens (tertiary/aromatic N) is 2. The lowest BCUT2D eigenvalue weighted by molar-refractivity contribution is 0.102. The molecule has 1 aromatic heterocycles. The second-order valence-electron chi connectivity index (χ2n) is 9.06. The summed E-state index contributed by atoms with van der Waals surface area (Å²) in [6.45, 7) is 4.11. The van der Waals surface area contributed by atoms with Crippen LogP contribution in [0.25, 0.3) is 22.6 Å². The molecule has 5 aromatic rings. The average molecular weight is 518 g/mol. The number of benzene rings is 4. The number of urea groups is 1. The summed E-state index contributed by atoms with van der Waals surface area (Å²) >= 11 is 0. The lowest BCUT2D eigenvalue weighted by atomic mass is 9.97. The summed E-state index contributed by atoms with van der Waals surface area (Å²) in [6, 6.07) is 29.7. The molecule has 8 heteroatoms. The molecular formula is C31H27N5O3. The number of rotatable bonds is 7. The molecule has 0 radical (unpaired) electrons. The number of nitrogens with one attached hydrogen (secondary N) is 3. The average Bonchev–Trinajstić information content (AvgIpc) is 3.39. The fourth-order valence-corrected chi connectivity index (χ4v) is 4.12. The van der Waals surface area contributed by atoms with Crippen LogP contribution >= 0.6 is 0 Å². The van der Waals surface area contributed by atoms with E-state index >= 15 is 0 Å². The van der Waals surface area contributed by atoms with Gasteiger partial charge in [-0.3, -0.25) is 4.79 Å². The van der Waals surface area contributed by atoms with E-state index in [4.69, 9.17) is 4.42 Å². The van der Waals surface area contributed by atoms with E-state index in [0.717, 1.165) is 27.8 Å². The molecule has 0 spiro atoms. The molecule has 194 valence electrons. The van der Waals surface area contributed by atoms with E-state index < -0.39 is 0 Å². The van der Waals surface area contributed by atoms with Gasteiger partial charge in [-0.05, 0) is 77.7 Å². The highest BCUT2D eigenvalue weighted by Gasteiger charge is 2.12. The molecule has 0 saturated carbocycles. The Balaban J connectivity index is 1.22. The maximum atomic E-state index is 12.9. The lowest BCUT2D eigenvalue weighted by Crippen LogP contribution is -2.28. The maximum Gasteiger partial charge on any atom is 0.319 e. The van der Waals surface area contributed by atoms with E-state index in [1.54, 1.807) is 19.1 Å². The molecular weight excluding hydrogens is 490 g/mol. The van der Waals surface area contributed by atoms with Crippen LogP contribution in [0.1, 0.15) is 27.4 Å². The highest BCUT2D eigenvalue weighted by molar-refractivity contribution is 6.04. The third-order valence-corrected chi connectivity index (χ3v) is 6.14. The Morgan fingerprint density at radius 2 is 1.49 bits per heavy atom. The van der Waals surface area contributed by atoms with E-state index in [-0.39, 0.29) is 11.9 Å². The Hall–Kier alpha value is -5.24. The third kappa shape index (κ3) is 6.37. The molecule has 0 aliphatic heterocycles. The van der Waals surface area contributed by atoms with E-state index in [9.17, 15) is 9.59 Å². The van der Waals surface area contributed by atoms with Crippen LogP contribution in [0.2, 0.25) is 0 Å². The van der Waals surface area contributed by atoms with E-state index in [1.165, 1.54) is 0 Å². The molecule has 4 aromatic carbocycles. The largest absolute Gasteiger partial charge is 0.421 e. The van der Waals surface area contributed by atoms with Crippen LogP contribution in [0.15, 0.2) is 101 Å². The van der Waals surface area contributed by atoms with Crippen molar-refractivity contribution < 1.29 is 14.0 Å². The number of hydrogen-bond acceptors (Lipinski definition) is 5. The summed E-state index contributed by atoms with van der Waals surface area (Å²) in [6.07, 6.45) is 0. The molecule has 1 heterocycles. The zero-order chi connectivity index (χ0) is 27.2. The minimum absolute atomic E-state index is 0.222. The maximum absolute atomic E-state index is 12.9. The number of hydrogen-bond donors (Lipinski definition) is 3. The Bertz CT molecular complexity index is 1610. The van der Waals surface area contributed by atoms with Crippen molar-refractivity contribution in [1.82, 2.24) is 15.5 Å². The van der Waals surface area contributed by atoms with Gasteiger partial charge in [0.1, 0.15) is 0 Å². The predicted molar refractivity (Wildman–Crippen MR) is 151 cm³/mol. The number of aromatic nitrogens is 2. The molecule has 0 bridgehead atoms. The van der Waals surface area contributed by atoms with Gasteiger partial charge < -0.3 is 20.4 Å². The molecule has 0 unspecified atom stereocenters. The van der Waals surface area contributed by atoms with Crippen molar-refractivity contribution in [3.8, 4) is 22.6 Å². The van der Waals surface area contributed by atoms with Gasteiger partial charge in [-0.2, -0.15) is 0 Å². The summed E-state index contributed by atoms with van der Waals surface area (Å²) in [5.41, 5.74) is 6.68. The van der Waals surface area contributed by atoms with Crippen molar-refractivity contribution in [1.29, 1.82) is 0 Å². The second kappa shape index (κ2) is 11.4. The minimum atomic E-state index is -0.302. The normalized spacial score (nSPS) is 10.6. The van der Waals surface area contributed by atoms with Crippen LogP contribution in [0.4, 0.5) is 16.2 Å². The zero-order valence-electron chi connectivity index (χ0n) is 21.6. The minimum Gasteiger partial charge on any atom is -0.421 e. The molecule has 5 rings (SSSR count). The van der Waals surface area contributed by atoms with Gasteiger partial charge in [0.2, 0.25) is 11.8 Å². The zero-order valence-corrected chi connectivity index (χ0v) is 21.6. The lowest BCUT2D eigenvalue weighted by Gasteiger charge is -2.11. The first-order valence-electron chi connectivity index (χ1n) is 12.5. The van der Waals surface area contributed by atoms with Crippen LogP contribution in [0.3, 0.4) is 0 Å². The van der Waals surface area contributed by atoms with Crippen molar-refractivity contribution in [2.24, 2.45) is 0 Å². The van der Waals surface area contributed by atoms with Crippen LogP contribution in [0, 0.1) is 13.8 Å². The van der Waals surface area contributed by atoms with Gasteiger partial charge in [0.15, 0.2) is 0 Å². The smallest absolute Gasteiger partial charge is 0.319 e. The number of aryl methyl sites for hydroxylation is 2. The number of carbonyl (C=O) groups is 2. The van der Waals surface area contributed by atoms with Crippen LogP contribution in [-0.2, 0) is 6.54 Å². The summed E-state index contributed by atoms with van der Waals surface area (Å²) in [5.74, 6) is 0.761. The van der Waals surface area contributed by atoms with E-state index in [0.29, 0.717) is 35.3 Å². The molecule has 3 amide bonds. The number of amides is 3. The molecule has 39 heavy (non-hydrogen) atoms. The summed E-state index contributed by atoms with van der Waals surface area (Å²) in [7, 11) is 0. The Morgan fingerprint density at radius 3 is 2.23 bits per heavy atom. The Labute approximate surface area is 226 Å². The highest BCUT2D eigenvalue weighted by Crippen LogP contribution is 2.29. The first-order chi connectivity index (χ1) is 18.9. The van der Waals surface area contributed by atoms with E-state index in [2.05, 4.69) is 26.1 Å². The molecule has 8 nitrogen and oxygen atoms in total. The number of para-hydroxylation sites is 1. The van der Waals surface area contributed by atoms with Gasteiger partial charge in [0.05, 0.1) is 0 Å². The van der Waals surface area contributed by atoms with E-state index in [1.807, 2.05) is 91.9 Å². The number of anilines is 2. The predicted octanol–water partition coefficient (Wildman–Crippen LogP) is 6.59. The van der Waals surface area contributed by atoms with Gasteiger partial charge in [0, 0.05) is 36.0 Å². The van der Waals surface area contributed by atoms with Crippen LogP contribution in [0.5, 0.6) is 0 Å². The van der Waals surface area contributed by atoms with Crippen LogP contribution < -0.4 is 16.0 Å². The second-order valence-corrected chi connectivity index (χ2v) is 9.06. The SMILES string of the molecule is Cc1nnc(-c2ccc(C)c(-c3ccc(C(=O)Nc4cccc(CNC(=O)Nc5ccccc5)c4)cc3)c2)o1. The first-order valence-corrected chi connectivity index (χ1v) is 12.5. The molecule has 0 aliphatic rings. The number of carbonyl (C=O) groups excluding carboxylic acids is 2. The van der Waals surface area contributed by atoms with Crippen molar-refractivity contribution in [3.63, 3.8) is 0 Å². The van der Waals surface area contributed by atoms with Gasteiger partial charge >= 0.3 is 6.03 Å². The summed E-state index contributed by atoms with van der Waals surface area (Å²) in [5, 5.41) is 16.6. The monoisotopic (exact) mass is 517 g/mol. The Kier molecular flexibility index (Phi) is 7.45. The van der Waals surface area contributed by atoms with Gasteiger partial charge in [-0.15, -0.1) is 10.2 Å². The molecule has 3 N–H and O–H groups in total. The van der Waals surface area contributed by atoms with Crippen molar-refractivity contribution >= 4 is 23.3 Å². The molecule has 0 saturated heterocycles. The molecule has 0 atom stereocenters. The standard InChI is InChI=1S/C31H27N5O3/c1-20-11-12-25(30-36-35-21(2)39-30)18-28(20)23-13-15-24(16-14-23)29(37)33-27-10-6-7-22(17-27)19-32-31(38)34-26-8-4-3-5-9-26/h3-18H,19H2,1-2H3,(H,33,37)(H2,32,34,38). The quantitative estimate of drug-likeness (QED) is 0.226. The molecule has 0 fully saturated rings. The molecule has 0 aliphatic carbocycles. The summed E-state index contributed by atoms with van der Waals surface area (Å²) in [4.78, 5) is 25.1. The summed E-state index contributed by atoms with van der Waals surface area (Å²) < 4.78 is 5.57. The van der Waals surface area contributed by atoms with Crippen LogP contribution in [-0.4, -0.2) is 22.1 Å².